The van der Waals surface area contributed by atoms with Gasteiger partial charge in [-0.2, -0.15) is 0 Å². The fourth-order valence-corrected chi connectivity index (χ4v) is 1.89. The SMILES string of the molecule is Cc1ccccc1CCNCc1cncn1C. The van der Waals surface area contributed by atoms with Gasteiger partial charge in [0.1, 0.15) is 0 Å². The molecule has 0 amide bonds. The van der Waals surface area contributed by atoms with Gasteiger partial charge in [-0.1, -0.05) is 24.3 Å². The maximum Gasteiger partial charge on any atom is 0.0945 e. The number of imidazole rings is 1. The standard InChI is InChI=1S/C14H19N3/c1-12-5-3-4-6-13(12)7-8-15-9-14-10-16-11-17(14)2/h3-6,10-11,15H,7-9H2,1-2H3. The highest BCUT2D eigenvalue weighted by Crippen LogP contribution is 2.06. The zero-order valence-corrected chi connectivity index (χ0v) is 10.5. The van der Waals surface area contributed by atoms with Crippen LogP contribution in [0.25, 0.3) is 0 Å². The minimum atomic E-state index is 0.877. The Bertz CT molecular complexity index is 474. The van der Waals surface area contributed by atoms with Crippen molar-refractivity contribution in [1.82, 2.24) is 14.9 Å². The Morgan fingerprint density at radius 2 is 2.12 bits per heavy atom. The number of nitrogens with one attached hydrogen (secondary N) is 1. The summed E-state index contributed by atoms with van der Waals surface area (Å²) in [6, 6.07) is 8.54. The van der Waals surface area contributed by atoms with Crippen LogP contribution in [0.15, 0.2) is 36.8 Å². The largest absolute Gasteiger partial charge is 0.337 e. The molecule has 1 aromatic heterocycles. The third-order valence-electron chi connectivity index (χ3n) is 3.05. The van der Waals surface area contributed by atoms with E-state index < -0.39 is 0 Å². The molecule has 2 aromatic rings. The summed E-state index contributed by atoms with van der Waals surface area (Å²) in [5, 5.41) is 3.44. The van der Waals surface area contributed by atoms with Gasteiger partial charge in [-0.05, 0) is 31.0 Å². The molecule has 0 aliphatic rings. The Kier molecular flexibility index (Phi) is 3.94. The molecule has 0 saturated heterocycles. The average molecular weight is 229 g/mol. The Morgan fingerprint density at radius 1 is 1.29 bits per heavy atom. The summed E-state index contributed by atoms with van der Waals surface area (Å²) in [5.74, 6) is 0. The molecule has 0 bridgehead atoms. The van der Waals surface area contributed by atoms with Gasteiger partial charge in [0.2, 0.25) is 0 Å². The van der Waals surface area contributed by atoms with Gasteiger partial charge in [0.05, 0.1) is 12.0 Å². The molecule has 1 heterocycles. The van der Waals surface area contributed by atoms with E-state index in [0.29, 0.717) is 0 Å². The molecule has 0 spiro atoms. The normalized spacial score (nSPS) is 10.7. The Hall–Kier alpha value is -1.61. The Labute approximate surface area is 103 Å². The summed E-state index contributed by atoms with van der Waals surface area (Å²) in [6.07, 6.45) is 4.81. The van der Waals surface area contributed by atoms with E-state index >= 15 is 0 Å². The first-order valence-corrected chi connectivity index (χ1v) is 5.98. The van der Waals surface area contributed by atoms with E-state index in [-0.39, 0.29) is 0 Å². The van der Waals surface area contributed by atoms with Crippen molar-refractivity contribution in [3.63, 3.8) is 0 Å². The maximum atomic E-state index is 4.10. The van der Waals surface area contributed by atoms with E-state index in [1.165, 1.54) is 16.8 Å². The molecule has 2 rings (SSSR count). The first-order valence-electron chi connectivity index (χ1n) is 5.98. The molecule has 3 nitrogen and oxygen atoms in total. The number of hydrogen-bond donors (Lipinski definition) is 1. The lowest BCUT2D eigenvalue weighted by Crippen LogP contribution is -2.18. The van der Waals surface area contributed by atoms with Crippen LogP contribution in [0.4, 0.5) is 0 Å². The summed E-state index contributed by atoms with van der Waals surface area (Å²) >= 11 is 0. The minimum absolute atomic E-state index is 0.877. The van der Waals surface area contributed by atoms with Crippen molar-refractivity contribution in [2.75, 3.05) is 6.54 Å². The lowest BCUT2D eigenvalue weighted by Gasteiger charge is -2.07. The van der Waals surface area contributed by atoms with Crippen molar-refractivity contribution in [1.29, 1.82) is 0 Å². The van der Waals surface area contributed by atoms with Crippen molar-refractivity contribution in [3.05, 3.63) is 53.6 Å². The minimum Gasteiger partial charge on any atom is -0.337 e. The zero-order chi connectivity index (χ0) is 12.1. The van der Waals surface area contributed by atoms with E-state index in [0.717, 1.165) is 19.5 Å². The molecule has 3 heteroatoms. The van der Waals surface area contributed by atoms with Gasteiger partial charge in [-0.25, -0.2) is 4.98 Å². The molecule has 0 saturated carbocycles. The van der Waals surface area contributed by atoms with Crippen LogP contribution in [-0.2, 0) is 20.0 Å². The van der Waals surface area contributed by atoms with E-state index in [1.54, 1.807) is 0 Å². The van der Waals surface area contributed by atoms with Gasteiger partial charge in [0.15, 0.2) is 0 Å². The van der Waals surface area contributed by atoms with Gasteiger partial charge >= 0.3 is 0 Å². The van der Waals surface area contributed by atoms with Crippen LogP contribution in [-0.4, -0.2) is 16.1 Å². The van der Waals surface area contributed by atoms with Crippen LogP contribution in [0.1, 0.15) is 16.8 Å². The van der Waals surface area contributed by atoms with E-state index in [2.05, 4.69) is 41.5 Å². The molecule has 1 N–H and O–H groups in total. The smallest absolute Gasteiger partial charge is 0.0945 e. The fraction of sp³-hybridized carbons (Fsp3) is 0.357. The van der Waals surface area contributed by atoms with Gasteiger partial charge in [-0.15, -0.1) is 0 Å². The van der Waals surface area contributed by atoms with Crippen LogP contribution in [0.3, 0.4) is 0 Å². The van der Waals surface area contributed by atoms with Crippen molar-refractivity contribution >= 4 is 0 Å². The van der Waals surface area contributed by atoms with Gasteiger partial charge in [0.25, 0.3) is 0 Å². The third kappa shape index (κ3) is 3.17. The van der Waals surface area contributed by atoms with E-state index in [9.17, 15) is 0 Å². The highest BCUT2D eigenvalue weighted by Gasteiger charge is 1.99. The van der Waals surface area contributed by atoms with Crippen molar-refractivity contribution in [2.45, 2.75) is 19.9 Å². The molecule has 1 aromatic carbocycles. The number of nitrogens with zero attached hydrogens (tertiary/aromatic N) is 2. The van der Waals surface area contributed by atoms with Crippen LogP contribution in [0, 0.1) is 6.92 Å². The second-order valence-corrected chi connectivity index (χ2v) is 4.35. The first kappa shape index (κ1) is 11.9. The molecular formula is C14H19N3. The fourth-order valence-electron chi connectivity index (χ4n) is 1.89. The van der Waals surface area contributed by atoms with Crippen LogP contribution < -0.4 is 5.32 Å². The molecule has 90 valence electrons. The number of rotatable bonds is 5. The molecule has 0 radical (unpaired) electrons. The lowest BCUT2D eigenvalue weighted by atomic mass is 10.1. The average Bonchev–Trinajstić information content (AvgIpc) is 2.73. The molecule has 0 atom stereocenters. The van der Waals surface area contributed by atoms with Gasteiger partial charge in [-0.3, -0.25) is 0 Å². The Morgan fingerprint density at radius 3 is 2.82 bits per heavy atom. The number of hydrogen-bond acceptors (Lipinski definition) is 2. The lowest BCUT2D eigenvalue weighted by molar-refractivity contribution is 0.652. The molecule has 0 fully saturated rings. The van der Waals surface area contributed by atoms with E-state index in [1.807, 2.05) is 24.1 Å². The topological polar surface area (TPSA) is 29.9 Å². The van der Waals surface area contributed by atoms with Crippen molar-refractivity contribution in [3.8, 4) is 0 Å². The summed E-state index contributed by atoms with van der Waals surface area (Å²) in [4.78, 5) is 4.10. The molecule has 0 aliphatic carbocycles. The summed E-state index contributed by atoms with van der Waals surface area (Å²) < 4.78 is 2.04. The molecule has 0 aliphatic heterocycles. The zero-order valence-electron chi connectivity index (χ0n) is 10.5. The summed E-state index contributed by atoms with van der Waals surface area (Å²) in [6.45, 7) is 4.04. The maximum absolute atomic E-state index is 4.10. The third-order valence-corrected chi connectivity index (χ3v) is 3.05. The number of aryl methyl sites for hydroxylation is 2. The highest BCUT2D eigenvalue weighted by molar-refractivity contribution is 5.25. The molecule has 0 unspecified atom stereocenters. The second kappa shape index (κ2) is 5.64. The van der Waals surface area contributed by atoms with Gasteiger partial charge < -0.3 is 9.88 Å². The summed E-state index contributed by atoms with van der Waals surface area (Å²) in [7, 11) is 2.02. The number of aromatic nitrogens is 2. The van der Waals surface area contributed by atoms with Crippen molar-refractivity contribution in [2.24, 2.45) is 7.05 Å². The monoisotopic (exact) mass is 229 g/mol. The van der Waals surface area contributed by atoms with Crippen LogP contribution in [0.2, 0.25) is 0 Å². The number of benzene rings is 1. The predicted octanol–water partition coefficient (Wildman–Crippen LogP) is 2.06. The predicted molar refractivity (Wildman–Crippen MR) is 69.8 cm³/mol. The van der Waals surface area contributed by atoms with E-state index in [4.69, 9.17) is 0 Å². The Balaban J connectivity index is 1.77. The quantitative estimate of drug-likeness (QED) is 0.795. The van der Waals surface area contributed by atoms with Crippen LogP contribution >= 0.6 is 0 Å². The molecular weight excluding hydrogens is 210 g/mol. The second-order valence-electron chi connectivity index (χ2n) is 4.35. The molecule has 17 heavy (non-hydrogen) atoms. The highest BCUT2D eigenvalue weighted by atomic mass is 15.0. The van der Waals surface area contributed by atoms with Gasteiger partial charge in [0, 0.05) is 19.8 Å². The van der Waals surface area contributed by atoms with Crippen LogP contribution in [0.5, 0.6) is 0 Å². The van der Waals surface area contributed by atoms with Crippen molar-refractivity contribution < 1.29 is 0 Å². The first-order chi connectivity index (χ1) is 8.27. The summed E-state index contributed by atoms with van der Waals surface area (Å²) in [5.41, 5.74) is 4.01.